The molecule has 0 radical (unpaired) electrons. The standard InChI is InChI=1S/C20H27NO3/c1-5-7-14-20(3,23-4)19(22)21-17-12-13-18(24-6-2)16-11-9-8-10-15(16)17/h8-13H,5-7,14H2,1-4H3,(H,21,22)/t20-/m1/s1. The van der Waals surface area contributed by atoms with E-state index in [1.165, 1.54) is 0 Å². The van der Waals surface area contributed by atoms with Crippen LogP contribution in [0, 0.1) is 0 Å². The van der Waals surface area contributed by atoms with Gasteiger partial charge in [-0.25, -0.2) is 0 Å². The molecule has 0 spiro atoms. The van der Waals surface area contributed by atoms with Crippen LogP contribution in [-0.4, -0.2) is 25.2 Å². The molecule has 0 heterocycles. The Labute approximate surface area is 144 Å². The van der Waals surface area contributed by atoms with Gasteiger partial charge in [0.1, 0.15) is 11.4 Å². The number of hydrogen-bond acceptors (Lipinski definition) is 3. The van der Waals surface area contributed by atoms with Gasteiger partial charge in [-0.15, -0.1) is 0 Å². The molecule has 0 fully saturated rings. The summed E-state index contributed by atoms with van der Waals surface area (Å²) in [6.45, 7) is 6.51. The van der Waals surface area contributed by atoms with E-state index in [-0.39, 0.29) is 5.91 Å². The predicted octanol–water partition coefficient (Wildman–Crippen LogP) is 4.77. The van der Waals surface area contributed by atoms with Gasteiger partial charge in [-0.2, -0.15) is 0 Å². The van der Waals surface area contributed by atoms with Crippen LogP contribution in [0.25, 0.3) is 10.8 Å². The Bertz CT molecular complexity index is 698. The number of methoxy groups -OCH3 is 1. The highest BCUT2D eigenvalue weighted by molar-refractivity contribution is 6.06. The number of anilines is 1. The molecule has 0 saturated heterocycles. The van der Waals surface area contributed by atoms with E-state index < -0.39 is 5.60 Å². The number of hydrogen-bond donors (Lipinski definition) is 1. The number of unbranched alkanes of at least 4 members (excludes halogenated alkanes) is 1. The third-order valence-electron chi connectivity index (χ3n) is 4.37. The Morgan fingerprint density at radius 2 is 1.83 bits per heavy atom. The van der Waals surface area contributed by atoms with Crippen molar-refractivity contribution in [2.75, 3.05) is 19.0 Å². The molecular weight excluding hydrogens is 302 g/mol. The van der Waals surface area contributed by atoms with Crippen LogP contribution in [0.2, 0.25) is 0 Å². The fourth-order valence-electron chi connectivity index (χ4n) is 2.74. The van der Waals surface area contributed by atoms with Crippen LogP contribution < -0.4 is 10.1 Å². The van der Waals surface area contributed by atoms with Crippen LogP contribution >= 0.6 is 0 Å². The maximum atomic E-state index is 12.8. The van der Waals surface area contributed by atoms with Crippen LogP contribution in [0.1, 0.15) is 40.0 Å². The molecule has 0 aromatic heterocycles. The highest BCUT2D eigenvalue weighted by Crippen LogP contribution is 2.32. The first-order chi connectivity index (χ1) is 11.6. The van der Waals surface area contributed by atoms with Crippen molar-refractivity contribution in [1.82, 2.24) is 0 Å². The Morgan fingerprint density at radius 3 is 2.46 bits per heavy atom. The number of fused-ring (bicyclic) bond motifs is 1. The third-order valence-corrected chi connectivity index (χ3v) is 4.37. The van der Waals surface area contributed by atoms with Gasteiger partial charge in [-0.05, 0) is 32.4 Å². The van der Waals surface area contributed by atoms with Gasteiger partial charge in [-0.3, -0.25) is 4.79 Å². The lowest BCUT2D eigenvalue weighted by Crippen LogP contribution is -2.42. The molecule has 0 aliphatic carbocycles. The minimum atomic E-state index is -0.824. The average Bonchev–Trinajstić information content (AvgIpc) is 2.61. The van der Waals surface area contributed by atoms with E-state index in [1.807, 2.05) is 50.2 Å². The fraction of sp³-hybridized carbons (Fsp3) is 0.450. The molecule has 24 heavy (non-hydrogen) atoms. The lowest BCUT2D eigenvalue weighted by Gasteiger charge is -2.27. The van der Waals surface area contributed by atoms with Gasteiger partial charge in [0.2, 0.25) is 0 Å². The summed E-state index contributed by atoms with van der Waals surface area (Å²) in [6, 6.07) is 11.7. The monoisotopic (exact) mass is 329 g/mol. The zero-order chi connectivity index (χ0) is 17.6. The molecule has 4 heteroatoms. The van der Waals surface area contributed by atoms with Gasteiger partial charge in [0.15, 0.2) is 0 Å². The molecule has 1 amide bonds. The summed E-state index contributed by atoms with van der Waals surface area (Å²) in [5, 5.41) is 4.99. The van der Waals surface area contributed by atoms with E-state index in [4.69, 9.17) is 9.47 Å². The van der Waals surface area contributed by atoms with Crippen molar-refractivity contribution in [3.8, 4) is 5.75 Å². The molecule has 0 saturated carbocycles. The summed E-state index contributed by atoms with van der Waals surface area (Å²) in [5.41, 5.74) is -0.0470. The molecule has 2 aromatic rings. The van der Waals surface area contributed by atoms with E-state index in [1.54, 1.807) is 7.11 Å². The molecule has 0 aliphatic rings. The molecule has 2 rings (SSSR count). The van der Waals surface area contributed by atoms with E-state index in [2.05, 4.69) is 12.2 Å². The van der Waals surface area contributed by atoms with Gasteiger partial charge in [0.25, 0.3) is 5.91 Å². The van der Waals surface area contributed by atoms with Gasteiger partial charge < -0.3 is 14.8 Å². The molecule has 1 atom stereocenters. The van der Waals surface area contributed by atoms with E-state index >= 15 is 0 Å². The average molecular weight is 329 g/mol. The summed E-state index contributed by atoms with van der Waals surface area (Å²) in [4.78, 5) is 12.8. The van der Waals surface area contributed by atoms with Gasteiger partial charge in [-0.1, -0.05) is 44.0 Å². The molecule has 0 unspecified atom stereocenters. The third kappa shape index (κ3) is 3.88. The molecule has 0 bridgehead atoms. The number of amides is 1. The first-order valence-electron chi connectivity index (χ1n) is 8.57. The second-order valence-corrected chi connectivity index (χ2v) is 6.08. The summed E-state index contributed by atoms with van der Waals surface area (Å²) < 4.78 is 11.2. The Kier molecular flexibility index (Phi) is 6.21. The summed E-state index contributed by atoms with van der Waals surface area (Å²) in [7, 11) is 1.59. The highest BCUT2D eigenvalue weighted by atomic mass is 16.5. The maximum Gasteiger partial charge on any atom is 0.256 e. The smallest absolute Gasteiger partial charge is 0.256 e. The number of benzene rings is 2. The van der Waals surface area contributed by atoms with Crippen LogP contribution in [0.4, 0.5) is 5.69 Å². The quantitative estimate of drug-likeness (QED) is 0.758. The first-order valence-corrected chi connectivity index (χ1v) is 8.57. The topological polar surface area (TPSA) is 47.6 Å². The number of carbonyl (C=O) groups is 1. The number of carbonyl (C=O) groups excluding carboxylic acids is 1. The number of nitrogens with one attached hydrogen (secondary N) is 1. The second-order valence-electron chi connectivity index (χ2n) is 6.08. The Balaban J connectivity index is 2.33. The molecule has 0 aliphatic heterocycles. The van der Waals surface area contributed by atoms with Gasteiger partial charge in [0.05, 0.1) is 6.61 Å². The molecule has 130 valence electrons. The lowest BCUT2D eigenvalue weighted by atomic mass is 9.97. The van der Waals surface area contributed by atoms with Crippen LogP contribution in [0.15, 0.2) is 36.4 Å². The first kappa shape index (κ1) is 18.3. The van der Waals surface area contributed by atoms with Crippen molar-refractivity contribution >= 4 is 22.4 Å². The van der Waals surface area contributed by atoms with Crippen molar-refractivity contribution in [3.63, 3.8) is 0 Å². The molecule has 2 aromatic carbocycles. The van der Waals surface area contributed by atoms with Crippen LogP contribution in [-0.2, 0) is 9.53 Å². The minimum Gasteiger partial charge on any atom is -0.493 e. The molecule has 1 N–H and O–H groups in total. The predicted molar refractivity (Wildman–Crippen MR) is 98.7 cm³/mol. The summed E-state index contributed by atoms with van der Waals surface area (Å²) in [5.74, 6) is 0.708. The van der Waals surface area contributed by atoms with Crippen LogP contribution in [0.3, 0.4) is 0 Å². The van der Waals surface area contributed by atoms with E-state index in [0.717, 1.165) is 35.1 Å². The van der Waals surface area contributed by atoms with Crippen molar-refractivity contribution in [1.29, 1.82) is 0 Å². The fourth-order valence-corrected chi connectivity index (χ4v) is 2.74. The van der Waals surface area contributed by atoms with E-state index in [0.29, 0.717) is 13.0 Å². The summed E-state index contributed by atoms with van der Waals surface area (Å²) >= 11 is 0. The lowest BCUT2D eigenvalue weighted by molar-refractivity contribution is -0.136. The Morgan fingerprint density at radius 1 is 1.12 bits per heavy atom. The second kappa shape index (κ2) is 8.15. The maximum absolute atomic E-state index is 12.8. The van der Waals surface area contributed by atoms with Crippen LogP contribution in [0.5, 0.6) is 5.75 Å². The molecular formula is C20H27NO3. The van der Waals surface area contributed by atoms with Crippen molar-refractivity contribution in [2.45, 2.75) is 45.6 Å². The molecule has 4 nitrogen and oxygen atoms in total. The van der Waals surface area contributed by atoms with Crippen molar-refractivity contribution < 1.29 is 14.3 Å². The van der Waals surface area contributed by atoms with Crippen molar-refractivity contribution in [3.05, 3.63) is 36.4 Å². The number of rotatable bonds is 8. The largest absolute Gasteiger partial charge is 0.493 e. The minimum absolute atomic E-state index is 0.118. The van der Waals surface area contributed by atoms with Gasteiger partial charge in [0, 0.05) is 23.6 Å². The SMILES string of the molecule is CCCC[C@@](C)(OC)C(=O)Nc1ccc(OCC)c2ccccc12. The highest BCUT2D eigenvalue weighted by Gasteiger charge is 2.32. The zero-order valence-electron chi connectivity index (χ0n) is 15.0. The summed E-state index contributed by atoms with van der Waals surface area (Å²) in [6.07, 6.45) is 2.67. The normalized spacial score (nSPS) is 13.5. The van der Waals surface area contributed by atoms with E-state index in [9.17, 15) is 4.79 Å². The van der Waals surface area contributed by atoms with Crippen molar-refractivity contribution in [2.24, 2.45) is 0 Å². The zero-order valence-corrected chi connectivity index (χ0v) is 15.0. The number of ether oxygens (including phenoxy) is 2. The Hall–Kier alpha value is -2.07. The van der Waals surface area contributed by atoms with Gasteiger partial charge >= 0.3 is 0 Å².